The lowest BCUT2D eigenvalue weighted by Gasteiger charge is -2.36. The summed E-state index contributed by atoms with van der Waals surface area (Å²) in [6.45, 7) is 7.99. The zero-order chi connectivity index (χ0) is 15.3. The molecule has 1 unspecified atom stereocenters. The normalized spacial score (nSPS) is 24.4. The van der Waals surface area contributed by atoms with Crippen LogP contribution in [0.1, 0.15) is 34.2 Å². The number of aryl methyl sites for hydroxylation is 2. The van der Waals surface area contributed by atoms with E-state index in [2.05, 4.69) is 0 Å². The molecule has 20 heavy (non-hydrogen) atoms. The number of benzene rings is 1. The third-order valence-electron chi connectivity index (χ3n) is 4.85. The van der Waals surface area contributed by atoms with Gasteiger partial charge in [0.15, 0.2) is 0 Å². The Balaban J connectivity index is 2.75. The fourth-order valence-corrected chi connectivity index (χ4v) is 3.51. The van der Waals surface area contributed by atoms with Gasteiger partial charge in [0.2, 0.25) is 0 Å². The van der Waals surface area contributed by atoms with Gasteiger partial charge in [0.05, 0.1) is 0 Å². The zero-order valence-corrected chi connectivity index (χ0v) is 12.8. The Morgan fingerprint density at radius 2 is 1.55 bits per heavy atom. The molecule has 0 radical (unpaired) electrons. The smallest absolute Gasteiger partial charge is 0.305 e. The molecular weight excluding hydrogens is 263 g/mol. The van der Waals surface area contributed by atoms with Crippen molar-refractivity contribution in [3.05, 3.63) is 33.9 Å². The van der Waals surface area contributed by atoms with E-state index in [4.69, 9.17) is 0 Å². The van der Waals surface area contributed by atoms with Crippen LogP contribution >= 0.6 is 0 Å². The van der Waals surface area contributed by atoms with Crippen LogP contribution in [0.3, 0.4) is 0 Å². The minimum atomic E-state index is -4.21. The van der Waals surface area contributed by atoms with Crippen molar-refractivity contribution in [2.24, 2.45) is 0 Å². The number of hydrogen-bond acceptors (Lipinski definition) is 1. The Kier molecular flexibility index (Phi) is 3.66. The van der Waals surface area contributed by atoms with Gasteiger partial charge >= 0.3 is 6.18 Å². The Hall–Kier alpha value is -1.03. The predicted molar refractivity (Wildman–Crippen MR) is 75.2 cm³/mol. The number of hydrogen-bond donors (Lipinski definition) is 0. The Bertz CT molecular complexity index is 507. The average Bonchev–Trinajstić information content (AvgIpc) is 2.70. The van der Waals surface area contributed by atoms with Crippen LogP contribution in [0.4, 0.5) is 13.2 Å². The number of likely N-dealkylation sites (tertiary alicyclic amines) is 1. The van der Waals surface area contributed by atoms with E-state index in [0.717, 1.165) is 22.3 Å². The largest absolute Gasteiger partial charge is 0.399 e. The molecule has 1 aliphatic heterocycles. The number of rotatable bonds is 1. The van der Waals surface area contributed by atoms with E-state index in [1.807, 2.05) is 33.8 Å². The summed E-state index contributed by atoms with van der Waals surface area (Å²) >= 11 is 0. The molecule has 1 fully saturated rings. The highest BCUT2D eigenvalue weighted by molar-refractivity contribution is 5.49. The molecule has 0 aliphatic carbocycles. The van der Waals surface area contributed by atoms with Gasteiger partial charge in [-0.1, -0.05) is 6.07 Å². The second-order valence-electron chi connectivity index (χ2n) is 6.20. The molecule has 0 bridgehead atoms. The van der Waals surface area contributed by atoms with E-state index in [1.165, 1.54) is 0 Å². The second kappa shape index (κ2) is 4.76. The fraction of sp³-hybridized carbons (Fsp3) is 0.625. The SMILES string of the molecule is Cc1cc(C)c(C)c(C2(C(F)(F)F)CCN(C)C2)c1C. The van der Waals surface area contributed by atoms with Crippen molar-refractivity contribution < 1.29 is 13.2 Å². The summed E-state index contributed by atoms with van der Waals surface area (Å²) in [5.41, 5.74) is 2.27. The first-order valence-corrected chi connectivity index (χ1v) is 6.93. The minimum absolute atomic E-state index is 0.0566. The average molecular weight is 285 g/mol. The number of halogens is 3. The van der Waals surface area contributed by atoms with Gasteiger partial charge in [0.1, 0.15) is 5.41 Å². The summed E-state index contributed by atoms with van der Waals surface area (Å²) in [6, 6.07) is 1.98. The van der Waals surface area contributed by atoms with Crippen LogP contribution in [0.5, 0.6) is 0 Å². The van der Waals surface area contributed by atoms with Crippen LogP contribution in [-0.2, 0) is 5.41 Å². The lowest BCUT2D eigenvalue weighted by molar-refractivity contribution is -0.187. The third-order valence-corrected chi connectivity index (χ3v) is 4.85. The lowest BCUT2D eigenvalue weighted by Crippen LogP contribution is -2.45. The zero-order valence-electron chi connectivity index (χ0n) is 12.8. The van der Waals surface area contributed by atoms with Crippen LogP contribution in [-0.4, -0.2) is 31.2 Å². The number of alkyl halides is 3. The van der Waals surface area contributed by atoms with Gasteiger partial charge < -0.3 is 4.90 Å². The molecule has 1 aliphatic rings. The maximum atomic E-state index is 13.9. The summed E-state index contributed by atoms with van der Waals surface area (Å²) < 4.78 is 41.6. The molecule has 1 saturated heterocycles. The van der Waals surface area contributed by atoms with Crippen molar-refractivity contribution in [2.45, 2.75) is 45.7 Å². The maximum Gasteiger partial charge on any atom is 0.399 e. The molecule has 1 aromatic rings. The highest BCUT2D eigenvalue weighted by Gasteiger charge is 2.59. The molecular formula is C16H22F3N. The molecule has 0 spiro atoms. The summed E-state index contributed by atoms with van der Waals surface area (Å²) in [6.07, 6.45) is -4.06. The Morgan fingerprint density at radius 3 is 1.90 bits per heavy atom. The highest BCUT2D eigenvalue weighted by atomic mass is 19.4. The summed E-state index contributed by atoms with van der Waals surface area (Å²) in [7, 11) is 1.76. The predicted octanol–water partition coefficient (Wildman–Crippen LogP) is 4.06. The second-order valence-corrected chi connectivity index (χ2v) is 6.20. The molecule has 0 saturated carbocycles. The molecule has 112 valence electrons. The first kappa shape index (κ1) is 15.4. The van der Waals surface area contributed by atoms with Gasteiger partial charge in [-0.2, -0.15) is 13.2 Å². The van der Waals surface area contributed by atoms with Gasteiger partial charge in [-0.3, -0.25) is 0 Å². The van der Waals surface area contributed by atoms with Crippen LogP contribution < -0.4 is 0 Å². The third kappa shape index (κ3) is 2.14. The molecule has 2 rings (SSSR count). The van der Waals surface area contributed by atoms with E-state index >= 15 is 0 Å². The molecule has 1 nitrogen and oxygen atoms in total. The van der Waals surface area contributed by atoms with Crippen molar-refractivity contribution >= 4 is 0 Å². The summed E-state index contributed by atoms with van der Waals surface area (Å²) in [5, 5.41) is 0. The van der Waals surface area contributed by atoms with Gasteiger partial charge in [0, 0.05) is 6.54 Å². The van der Waals surface area contributed by atoms with E-state index < -0.39 is 11.6 Å². The molecule has 1 heterocycles. The summed E-state index contributed by atoms with van der Waals surface area (Å²) in [5.74, 6) is 0. The van der Waals surface area contributed by atoms with E-state index in [-0.39, 0.29) is 13.0 Å². The van der Waals surface area contributed by atoms with Crippen LogP contribution in [0, 0.1) is 27.7 Å². The molecule has 4 heteroatoms. The van der Waals surface area contributed by atoms with Crippen molar-refractivity contribution in [3.63, 3.8) is 0 Å². The maximum absolute atomic E-state index is 13.9. The van der Waals surface area contributed by atoms with E-state index in [0.29, 0.717) is 12.1 Å². The molecule has 0 aromatic heterocycles. The van der Waals surface area contributed by atoms with Gasteiger partial charge in [-0.05, 0) is 75.5 Å². The van der Waals surface area contributed by atoms with Crippen LogP contribution in [0.2, 0.25) is 0 Å². The lowest BCUT2D eigenvalue weighted by atomic mass is 9.73. The Labute approximate surface area is 118 Å². The van der Waals surface area contributed by atoms with Gasteiger partial charge in [-0.25, -0.2) is 0 Å². The topological polar surface area (TPSA) is 3.24 Å². The van der Waals surface area contributed by atoms with E-state index in [1.54, 1.807) is 11.9 Å². The van der Waals surface area contributed by atoms with Crippen molar-refractivity contribution in [1.82, 2.24) is 4.90 Å². The van der Waals surface area contributed by atoms with Crippen molar-refractivity contribution in [3.8, 4) is 0 Å². The molecule has 0 N–H and O–H groups in total. The standard InChI is InChI=1S/C16H22F3N/c1-10-8-11(2)13(4)14(12(10)3)15(16(17,18)19)6-7-20(5)9-15/h8H,6-7,9H2,1-5H3. The fourth-order valence-electron chi connectivity index (χ4n) is 3.51. The minimum Gasteiger partial charge on any atom is -0.305 e. The van der Waals surface area contributed by atoms with Crippen molar-refractivity contribution in [2.75, 3.05) is 20.1 Å². The highest BCUT2D eigenvalue weighted by Crippen LogP contribution is 2.50. The quantitative estimate of drug-likeness (QED) is 0.752. The molecule has 0 amide bonds. The number of likely N-dealkylation sites (N-methyl/N-ethyl adjacent to an activating group) is 1. The monoisotopic (exact) mass is 285 g/mol. The van der Waals surface area contributed by atoms with Crippen molar-refractivity contribution in [1.29, 1.82) is 0 Å². The summed E-state index contributed by atoms with van der Waals surface area (Å²) in [4.78, 5) is 1.78. The van der Waals surface area contributed by atoms with E-state index in [9.17, 15) is 13.2 Å². The first-order chi connectivity index (χ1) is 9.10. The first-order valence-electron chi connectivity index (χ1n) is 6.93. The van der Waals surface area contributed by atoms with Gasteiger partial charge in [-0.15, -0.1) is 0 Å². The number of nitrogens with zero attached hydrogens (tertiary/aromatic N) is 1. The van der Waals surface area contributed by atoms with Crippen LogP contribution in [0.25, 0.3) is 0 Å². The Morgan fingerprint density at radius 1 is 1.05 bits per heavy atom. The van der Waals surface area contributed by atoms with Gasteiger partial charge in [0.25, 0.3) is 0 Å². The molecule has 1 atom stereocenters. The molecule has 1 aromatic carbocycles. The van der Waals surface area contributed by atoms with Crippen LogP contribution in [0.15, 0.2) is 6.07 Å².